The molecule has 12 unspecified atom stereocenters. The van der Waals surface area contributed by atoms with E-state index in [0.29, 0.717) is 6.42 Å². The van der Waals surface area contributed by atoms with Crippen molar-refractivity contribution < 1.29 is 50.4 Å². The summed E-state index contributed by atoms with van der Waals surface area (Å²) < 4.78 is 5.74. The molecule has 47 heavy (non-hydrogen) atoms. The second-order valence-electron chi connectivity index (χ2n) is 13.0. The van der Waals surface area contributed by atoms with Crippen LogP contribution in [-0.4, -0.2) is 102 Å². The van der Waals surface area contributed by atoms with Gasteiger partial charge in [0.2, 0.25) is 0 Å². The largest absolute Gasteiger partial charge is 0.458 e. The summed E-state index contributed by atoms with van der Waals surface area (Å²) in [6, 6.07) is 0. The van der Waals surface area contributed by atoms with Crippen molar-refractivity contribution in [1.82, 2.24) is 0 Å². The number of cyclic esters (lactones) is 1. The highest BCUT2D eigenvalue weighted by molar-refractivity contribution is 5.82. The quantitative estimate of drug-likeness (QED) is 0.161. The number of carbonyl (C=O) groups excluding carboxylic acids is 1. The third kappa shape index (κ3) is 19.2. The first kappa shape index (κ1) is 42.6. The summed E-state index contributed by atoms with van der Waals surface area (Å²) in [5.74, 6) is -1.19. The van der Waals surface area contributed by atoms with Crippen molar-refractivity contribution in [2.24, 2.45) is 17.8 Å². The Morgan fingerprint density at radius 3 is 1.66 bits per heavy atom. The highest BCUT2D eigenvalue weighted by Crippen LogP contribution is 2.23. The monoisotopic (exact) mass is 664 g/mol. The minimum absolute atomic E-state index is 0.0516. The van der Waals surface area contributed by atoms with Gasteiger partial charge in [-0.2, -0.15) is 0 Å². The number of ether oxygens (including phenoxy) is 1. The summed E-state index contributed by atoms with van der Waals surface area (Å²) in [5.41, 5.74) is 0. The lowest BCUT2D eigenvalue weighted by molar-refractivity contribution is -0.147. The van der Waals surface area contributed by atoms with Crippen LogP contribution in [0.4, 0.5) is 0 Å². The maximum absolute atomic E-state index is 12.5. The number of hydrogen-bond donors (Lipinski definition) is 8. The second-order valence-corrected chi connectivity index (χ2v) is 13.0. The minimum Gasteiger partial charge on any atom is -0.458 e. The predicted molar refractivity (Wildman–Crippen MR) is 183 cm³/mol. The minimum atomic E-state index is -1.10. The number of carbonyl (C=O) groups is 1. The van der Waals surface area contributed by atoms with Crippen molar-refractivity contribution in [1.29, 1.82) is 0 Å². The fourth-order valence-electron chi connectivity index (χ4n) is 5.44. The highest BCUT2D eigenvalue weighted by Gasteiger charge is 2.27. The normalized spacial score (nSPS) is 40.3. The van der Waals surface area contributed by atoms with Gasteiger partial charge in [0, 0.05) is 24.3 Å². The van der Waals surface area contributed by atoms with Crippen molar-refractivity contribution in [3.8, 4) is 0 Å². The van der Waals surface area contributed by atoms with Crippen LogP contribution in [0, 0.1) is 17.8 Å². The van der Waals surface area contributed by atoms with E-state index in [9.17, 15) is 45.6 Å². The summed E-state index contributed by atoms with van der Waals surface area (Å²) in [6.07, 6.45) is 12.2. The number of rotatable bonds is 2. The lowest BCUT2D eigenvalue weighted by atomic mass is 9.90. The first-order valence-corrected chi connectivity index (χ1v) is 16.9. The van der Waals surface area contributed by atoms with E-state index in [-0.39, 0.29) is 50.4 Å². The van der Waals surface area contributed by atoms with E-state index in [1.165, 1.54) is 12.2 Å². The molecule has 0 aliphatic carbocycles. The molecule has 0 aromatic rings. The smallest absolute Gasteiger partial charge is 0.331 e. The molecule has 0 saturated carbocycles. The second kappa shape index (κ2) is 23.8. The van der Waals surface area contributed by atoms with Gasteiger partial charge in [0.15, 0.2) is 0 Å². The van der Waals surface area contributed by atoms with Crippen LogP contribution in [0.25, 0.3) is 0 Å². The molecule has 0 spiro atoms. The first-order chi connectivity index (χ1) is 22.2. The van der Waals surface area contributed by atoms with E-state index in [0.717, 1.165) is 6.42 Å². The molecule has 12 atom stereocenters. The van der Waals surface area contributed by atoms with E-state index < -0.39 is 66.8 Å². The van der Waals surface area contributed by atoms with E-state index >= 15 is 0 Å². The van der Waals surface area contributed by atoms with Crippen LogP contribution in [0.1, 0.15) is 79.1 Å². The van der Waals surface area contributed by atoms with E-state index in [4.69, 9.17) is 4.74 Å². The van der Waals surface area contributed by atoms with Gasteiger partial charge in [0.1, 0.15) is 6.10 Å². The summed E-state index contributed by atoms with van der Waals surface area (Å²) in [6.45, 7) is 7.55. The molecule has 1 aliphatic heterocycles. The average molecular weight is 665 g/mol. The van der Waals surface area contributed by atoms with Crippen LogP contribution < -0.4 is 0 Å². The number of hydrogen-bond acceptors (Lipinski definition) is 10. The van der Waals surface area contributed by atoms with Crippen LogP contribution >= 0.6 is 0 Å². The van der Waals surface area contributed by atoms with Crippen molar-refractivity contribution in [3.05, 3.63) is 72.9 Å². The maximum atomic E-state index is 12.5. The molecule has 0 aromatic carbocycles. The molecule has 0 bridgehead atoms. The molecule has 1 heterocycles. The van der Waals surface area contributed by atoms with Crippen LogP contribution in [0.3, 0.4) is 0 Å². The van der Waals surface area contributed by atoms with Crippen LogP contribution in [0.2, 0.25) is 0 Å². The van der Waals surface area contributed by atoms with Crippen molar-refractivity contribution >= 4 is 5.97 Å². The zero-order valence-corrected chi connectivity index (χ0v) is 28.4. The molecule has 10 heteroatoms. The number of esters is 1. The summed E-state index contributed by atoms with van der Waals surface area (Å²) >= 11 is 0. The Balaban J connectivity index is 3.01. The zero-order chi connectivity index (χ0) is 35.4. The van der Waals surface area contributed by atoms with Crippen molar-refractivity contribution in [2.45, 2.75) is 134 Å². The van der Waals surface area contributed by atoms with Gasteiger partial charge in [-0.25, -0.2) is 4.79 Å². The Labute approximate surface area is 280 Å². The van der Waals surface area contributed by atoms with Gasteiger partial charge in [0.05, 0.1) is 48.8 Å². The van der Waals surface area contributed by atoms with E-state index in [1.807, 2.05) is 20.8 Å². The van der Waals surface area contributed by atoms with Gasteiger partial charge in [-0.15, -0.1) is 0 Å². The number of aliphatic hydroxyl groups is 8. The predicted octanol–water partition coefficient (Wildman–Crippen LogP) is 3.19. The molecule has 8 N–H and O–H groups in total. The van der Waals surface area contributed by atoms with Crippen molar-refractivity contribution in [2.75, 3.05) is 0 Å². The molecule has 1 aliphatic rings. The number of allylic oxidation sites excluding steroid dienone is 8. The molecular formula is C37H60O10. The van der Waals surface area contributed by atoms with Gasteiger partial charge in [-0.3, -0.25) is 0 Å². The summed E-state index contributed by atoms with van der Waals surface area (Å²) in [4.78, 5) is 12.5. The van der Waals surface area contributed by atoms with E-state index in [1.54, 1.807) is 67.7 Å². The Hall–Kier alpha value is -2.41. The van der Waals surface area contributed by atoms with Gasteiger partial charge in [0.25, 0.3) is 0 Å². The third-order valence-electron chi connectivity index (χ3n) is 8.55. The third-order valence-corrected chi connectivity index (χ3v) is 8.55. The highest BCUT2D eigenvalue weighted by atomic mass is 16.5. The molecule has 0 amide bonds. The summed E-state index contributed by atoms with van der Waals surface area (Å²) in [5, 5.41) is 83.4. The van der Waals surface area contributed by atoms with Gasteiger partial charge >= 0.3 is 5.97 Å². The molecule has 268 valence electrons. The topological polar surface area (TPSA) is 188 Å². The number of aliphatic hydroxyl groups excluding tert-OH is 8. The first-order valence-electron chi connectivity index (χ1n) is 16.9. The zero-order valence-electron chi connectivity index (χ0n) is 28.4. The van der Waals surface area contributed by atoms with Crippen LogP contribution in [0.15, 0.2) is 72.9 Å². The van der Waals surface area contributed by atoms with Gasteiger partial charge < -0.3 is 45.6 Å². The van der Waals surface area contributed by atoms with Gasteiger partial charge in [-0.1, -0.05) is 101 Å². The van der Waals surface area contributed by atoms with Gasteiger partial charge in [-0.05, 0) is 44.4 Å². The SMILES string of the molecule is CCC(C)C1OC(=O)\C=C/C=C\C=C/C=C\C=C/CC(O)C(C)C(O)CC(O)CC(O)CC(O)CC(O)CC(O)CC(O)/C=C\C1C. The Kier molecular flexibility index (Phi) is 21.6. The molecule has 0 aromatic heterocycles. The molecule has 10 nitrogen and oxygen atoms in total. The molecule has 0 saturated heterocycles. The van der Waals surface area contributed by atoms with E-state index in [2.05, 4.69) is 0 Å². The molecule has 0 radical (unpaired) electrons. The Morgan fingerprint density at radius 2 is 1.13 bits per heavy atom. The van der Waals surface area contributed by atoms with Crippen LogP contribution in [-0.2, 0) is 9.53 Å². The van der Waals surface area contributed by atoms with Crippen molar-refractivity contribution in [3.63, 3.8) is 0 Å². The Morgan fingerprint density at radius 1 is 0.660 bits per heavy atom. The molecule has 0 fully saturated rings. The lowest BCUT2D eigenvalue weighted by Gasteiger charge is -2.27. The Bertz CT molecular complexity index is 1030. The average Bonchev–Trinajstić information content (AvgIpc) is 2.99. The lowest BCUT2D eigenvalue weighted by Crippen LogP contribution is -2.34. The maximum Gasteiger partial charge on any atom is 0.331 e. The standard InChI is InChI=1S/C37H60O10/c1-5-25(2)37-26(3)17-18-28(38)19-29(39)20-30(40)21-31(41)22-32(42)23-33(43)24-35(45)27(4)34(44)15-13-11-9-7-6-8-10-12-14-16-36(46)47-37/h6-14,16-18,25-35,37-45H,5,15,19-24H2,1-4H3/b8-6-,9-7-,12-10-,13-11-,16-14-,18-17-. The fourth-order valence-corrected chi connectivity index (χ4v) is 5.44. The molecule has 1 rings (SSSR count). The fraction of sp³-hybridized carbons (Fsp3) is 0.649. The van der Waals surface area contributed by atoms with Crippen LogP contribution in [0.5, 0.6) is 0 Å². The summed E-state index contributed by atoms with van der Waals surface area (Å²) in [7, 11) is 0. The molecular weight excluding hydrogens is 604 g/mol.